The maximum absolute atomic E-state index is 11.3. The number of nitrogens with zero attached hydrogens (tertiary/aromatic N) is 2. The van der Waals surface area contributed by atoms with Gasteiger partial charge in [0.05, 0.1) is 18.8 Å². The summed E-state index contributed by atoms with van der Waals surface area (Å²) < 4.78 is 23.6. The Bertz CT molecular complexity index is 654. The number of halogens is 1. The Morgan fingerprint density at radius 2 is 2.36 bits per heavy atom. The highest BCUT2D eigenvalue weighted by atomic mass is 79.9. The summed E-state index contributed by atoms with van der Waals surface area (Å²) in [5.41, 5.74) is 0.985. The molecule has 0 aliphatic carbocycles. The molecule has 0 bridgehead atoms. The highest BCUT2D eigenvalue weighted by molar-refractivity contribution is 9.10. The molecule has 0 spiro atoms. The van der Waals surface area contributed by atoms with Gasteiger partial charge in [-0.3, -0.25) is 9.98 Å². The molecule has 1 heterocycles. The molecule has 0 unspecified atom stereocenters. The topological polar surface area (TPSA) is 71.4 Å². The van der Waals surface area contributed by atoms with Gasteiger partial charge in [0.25, 0.3) is 0 Å². The Morgan fingerprint density at radius 1 is 1.59 bits per heavy atom. The maximum Gasteiger partial charge on any atom is 0.154 e. The van der Waals surface area contributed by atoms with Crippen LogP contribution in [0.15, 0.2) is 27.8 Å². The van der Waals surface area contributed by atoms with E-state index in [0.29, 0.717) is 12.4 Å². The quantitative estimate of drug-likeness (QED) is 0.309. The molecule has 0 saturated heterocycles. The van der Waals surface area contributed by atoms with Crippen LogP contribution in [0, 0.1) is 12.3 Å². The van der Waals surface area contributed by atoms with Crippen molar-refractivity contribution < 1.29 is 8.42 Å². The van der Waals surface area contributed by atoms with Gasteiger partial charge in [0.1, 0.15) is 11.6 Å². The van der Waals surface area contributed by atoms with Crippen molar-refractivity contribution in [3.05, 3.63) is 28.5 Å². The Hall–Kier alpha value is -1.04. The summed E-state index contributed by atoms with van der Waals surface area (Å²) in [6.45, 7) is 0.792. The lowest BCUT2D eigenvalue weighted by molar-refractivity contribution is 0.605. The van der Waals surface area contributed by atoms with E-state index in [2.05, 4.69) is 37.1 Å². The van der Waals surface area contributed by atoms with Crippen LogP contribution >= 0.6 is 27.7 Å². The van der Waals surface area contributed by atoms with Gasteiger partial charge in [-0.1, -0.05) is 5.92 Å². The van der Waals surface area contributed by atoms with Crippen molar-refractivity contribution in [2.45, 2.75) is 5.75 Å². The average Bonchev–Trinajstić information content (AvgIpc) is 2.44. The number of sulfone groups is 1. The number of hydrogen-bond acceptors (Lipinski definition) is 5. The van der Waals surface area contributed by atoms with E-state index in [1.165, 1.54) is 6.26 Å². The number of thioether (sulfide) groups is 1. The number of aromatic nitrogens is 1. The fourth-order valence-electron chi connectivity index (χ4n) is 1.49. The molecule has 1 rings (SSSR count). The van der Waals surface area contributed by atoms with Gasteiger partial charge in [0.15, 0.2) is 9.84 Å². The molecule has 0 fully saturated rings. The number of terminal acetylenes is 1. The Kier molecular flexibility index (Phi) is 8.53. The van der Waals surface area contributed by atoms with Crippen molar-refractivity contribution in [1.29, 1.82) is 0 Å². The van der Waals surface area contributed by atoms with Gasteiger partial charge >= 0.3 is 0 Å². The molecule has 8 heteroatoms. The first-order valence-corrected chi connectivity index (χ1v) is 10.5. The predicted molar refractivity (Wildman–Crippen MR) is 96.9 cm³/mol. The highest BCUT2D eigenvalue weighted by Gasteiger charge is 2.08. The maximum atomic E-state index is 11.3. The van der Waals surface area contributed by atoms with E-state index < -0.39 is 9.84 Å². The molecule has 0 amide bonds. The summed E-state index contributed by atoms with van der Waals surface area (Å²) >= 11 is 5.14. The van der Waals surface area contributed by atoms with Crippen molar-refractivity contribution in [1.82, 2.24) is 10.3 Å². The summed E-state index contributed by atoms with van der Waals surface area (Å²) in [6.07, 6.45) is 8.09. The first kappa shape index (κ1) is 19.0. The SMILES string of the molecule is C#CCNC(CS(C)(=O)=O)=NCCSCc1ncccc1Br. The fourth-order valence-corrected chi connectivity index (χ4v) is 3.55. The monoisotopic (exact) mass is 403 g/mol. The first-order chi connectivity index (χ1) is 10.4. The van der Waals surface area contributed by atoms with Crippen LogP contribution in [0.2, 0.25) is 0 Å². The van der Waals surface area contributed by atoms with Gasteiger partial charge < -0.3 is 5.32 Å². The van der Waals surface area contributed by atoms with Crippen LogP contribution < -0.4 is 5.32 Å². The zero-order valence-corrected chi connectivity index (χ0v) is 15.5. The van der Waals surface area contributed by atoms with Crippen LogP contribution in [0.1, 0.15) is 5.69 Å². The van der Waals surface area contributed by atoms with Crippen LogP contribution in [-0.2, 0) is 15.6 Å². The van der Waals surface area contributed by atoms with Crippen LogP contribution in [-0.4, -0.2) is 50.1 Å². The lowest BCUT2D eigenvalue weighted by Crippen LogP contribution is -2.31. The van der Waals surface area contributed by atoms with E-state index in [0.717, 1.165) is 21.7 Å². The van der Waals surface area contributed by atoms with E-state index in [1.54, 1.807) is 18.0 Å². The number of pyridine rings is 1. The van der Waals surface area contributed by atoms with Crippen LogP contribution in [0.5, 0.6) is 0 Å². The first-order valence-electron chi connectivity index (χ1n) is 6.48. The van der Waals surface area contributed by atoms with Crippen molar-refractivity contribution in [3.63, 3.8) is 0 Å². The van der Waals surface area contributed by atoms with Gasteiger partial charge in [-0.25, -0.2) is 8.42 Å². The molecule has 0 radical (unpaired) electrons. The zero-order chi connectivity index (χ0) is 16.4. The van der Waals surface area contributed by atoms with E-state index in [9.17, 15) is 8.42 Å². The lowest BCUT2D eigenvalue weighted by atomic mass is 10.4. The normalized spacial score (nSPS) is 12.0. The highest BCUT2D eigenvalue weighted by Crippen LogP contribution is 2.18. The van der Waals surface area contributed by atoms with Crippen LogP contribution in [0.4, 0.5) is 0 Å². The summed E-state index contributed by atoms with van der Waals surface area (Å²) in [6, 6.07) is 3.83. The molecular formula is C14H18BrN3O2S2. The third-order valence-corrected chi connectivity index (χ3v) is 4.87. The molecule has 120 valence electrons. The smallest absolute Gasteiger partial charge is 0.154 e. The second-order valence-corrected chi connectivity index (χ2v) is 8.54. The van der Waals surface area contributed by atoms with Crippen molar-refractivity contribution in [3.8, 4) is 12.3 Å². The van der Waals surface area contributed by atoms with Crippen LogP contribution in [0.3, 0.4) is 0 Å². The lowest BCUT2D eigenvalue weighted by Gasteiger charge is -2.07. The molecule has 0 aliphatic rings. The molecule has 1 aromatic heterocycles. The number of rotatable bonds is 8. The third kappa shape index (κ3) is 8.41. The zero-order valence-electron chi connectivity index (χ0n) is 12.3. The molecule has 1 N–H and O–H groups in total. The number of aliphatic imine (C=N–C) groups is 1. The van der Waals surface area contributed by atoms with Crippen molar-refractivity contribution in [2.24, 2.45) is 4.99 Å². The van der Waals surface area contributed by atoms with E-state index in [1.807, 2.05) is 12.1 Å². The van der Waals surface area contributed by atoms with Gasteiger partial charge in [-0.05, 0) is 28.1 Å². The third-order valence-electron chi connectivity index (χ3n) is 2.41. The minimum Gasteiger partial charge on any atom is -0.362 e. The molecule has 1 aromatic rings. The van der Waals surface area contributed by atoms with Crippen molar-refractivity contribution >= 4 is 43.4 Å². The summed E-state index contributed by atoms with van der Waals surface area (Å²) in [5.74, 6) is 4.25. The van der Waals surface area contributed by atoms with Gasteiger partial charge in [0, 0.05) is 28.4 Å². The summed E-state index contributed by atoms with van der Waals surface area (Å²) in [4.78, 5) is 8.56. The molecule has 0 aromatic carbocycles. The second-order valence-electron chi connectivity index (χ2n) is 4.44. The Labute approximate surface area is 144 Å². The van der Waals surface area contributed by atoms with Gasteiger partial charge in [-0.15, -0.1) is 6.42 Å². The molecule has 0 saturated carbocycles. The molecule has 5 nitrogen and oxygen atoms in total. The Balaban J connectivity index is 2.43. The summed E-state index contributed by atoms with van der Waals surface area (Å²) in [5, 5.41) is 2.85. The largest absolute Gasteiger partial charge is 0.362 e. The van der Waals surface area contributed by atoms with E-state index in [-0.39, 0.29) is 12.3 Å². The minimum absolute atomic E-state index is 0.120. The molecule has 0 atom stereocenters. The van der Waals surface area contributed by atoms with Crippen molar-refractivity contribution in [2.75, 3.05) is 30.9 Å². The number of nitrogens with one attached hydrogen (secondary N) is 1. The average molecular weight is 404 g/mol. The predicted octanol–water partition coefficient (Wildman–Crippen LogP) is 1.74. The van der Waals surface area contributed by atoms with Gasteiger partial charge in [-0.2, -0.15) is 11.8 Å². The van der Waals surface area contributed by atoms with E-state index >= 15 is 0 Å². The van der Waals surface area contributed by atoms with Gasteiger partial charge in [0.2, 0.25) is 0 Å². The number of hydrogen-bond donors (Lipinski definition) is 1. The number of amidine groups is 1. The second kappa shape index (κ2) is 9.87. The van der Waals surface area contributed by atoms with E-state index in [4.69, 9.17) is 6.42 Å². The van der Waals surface area contributed by atoms with Crippen LogP contribution in [0.25, 0.3) is 0 Å². The molecular weight excluding hydrogens is 386 g/mol. The Morgan fingerprint density at radius 3 is 3.00 bits per heavy atom. The standard InChI is InChI=1S/C14H18BrN3O2S2/c1-3-6-17-14(11-22(2,19)20)18-8-9-21-10-13-12(15)5-4-7-16-13/h1,4-5,7H,6,8-11H2,2H3,(H,17,18). The minimum atomic E-state index is -3.13. The molecule has 22 heavy (non-hydrogen) atoms. The fraction of sp³-hybridized carbons (Fsp3) is 0.429. The molecule has 0 aliphatic heterocycles. The summed E-state index contributed by atoms with van der Waals surface area (Å²) in [7, 11) is -3.13.